The summed E-state index contributed by atoms with van der Waals surface area (Å²) in [6.07, 6.45) is 4.78. The van der Waals surface area contributed by atoms with Crippen molar-refractivity contribution in [2.24, 2.45) is 0 Å². The van der Waals surface area contributed by atoms with Crippen LogP contribution < -0.4 is 10.6 Å². The molecular formula is C26H18ClFN4O3. The molecule has 4 aromatic rings. The molecular weight excluding hydrogens is 471 g/mol. The van der Waals surface area contributed by atoms with Crippen LogP contribution in [0.3, 0.4) is 0 Å². The number of nitrogens with one attached hydrogen (secondary N) is 2. The van der Waals surface area contributed by atoms with Gasteiger partial charge in [0.05, 0.1) is 34.7 Å². The van der Waals surface area contributed by atoms with Crippen molar-refractivity contribution in [1.82, 2.24) is 15.3 Å². The van der Waals surface area contributed by atoms with E-state index >= 15 is 0 Å². The van der Waals surface area contributed by atoms with E-state index in [0.717, 1.165) is 5.69 Å². The highest BCUT2D eigenvalue weighted by Crippen LogP contribution is 2.35. The van der Waals surface area contributed by atoms with Crippen LogP contribution in [-0.2, 0) is 11.3 Å². The number of carbonyl (C=O) groups is 2. The van der Waals surface area contributed by atoms with Crippen LogP contribution in [0.15, 0.2) is 65.3 Å². The molecule has 7 nitrogen and oxygen atoms in total. The number of rotatable bonds is 5. The third-order valence-electron chi connectivity index (χ3n) is 5.44. The minimum atomic E-state index is -0.442. The maximum atomic E-state index is 13.7. The SMILES string of the molecule is Cc1cnc(CNC(=O)c2ccc(Cl)c(-c3ccc(/C=C4/C(=O)Nc5ccc(F)cc54)o3)c2)cn1. The normalized spacial score (nSPS) is 13.6. The van der Waals surface area contributed by atoms with E-state index < -0.39 is 5.82 Å². The Morgan fingerprint density at radius 3 is 2.77 bits per heavy atom. The molecule has 0 radical (unpaired) electrons. The summed E-state index contributed by atoms with van der Waals surface area (Å²) >= 11 is 6.38. The van der Waals surface area contributed by atoms with Gasteiger partial charge in [-0.25, -0.2) is 4.39 Å². The molecule has 0 atom stereocenters. The Kier molecular flexibility index (Phi) is 5.88. The van der Waals surface area contributed by atoms with Gasteiger partial charge in [0.15, 0.2) is 0 Å². The number of carbonyl (C=O) groups excluding carboxylic acids is 2. The molecule has 2 amide bonds. The average Bonchev–Trinajstić information content (AvgIpc) is 3.43. The summed E-state index contributed by atoms with van der Waals surface area (Å²) in [6, 6.07) is 12.3. The topological polar surface area (TPSA) is 97.1 Å². The zero-order chi connectivity index (χ0) is 24.5. The van der Waals surface area contributed by atoms with E-state index in [1.807, 2.05) is 6.92 Å². The van der Waals surface area contributed by atoms with E-state index in [-0.39, 0.29) is 18.4 Å². The van der Waals surface area contributed by atoms with Gasteiger partial charge in [-0.3, -0.25) is 19.6 Å². The first-order valence-corrected chi connectivity index (χ1v) is 11.0. The van der Waals surface area contributed by atoms with Crippen molar-refractivity contribution in [2.45, 2.75) is 13.5 Å². The number of halogens is 2. The van der Waals surface area contributed by atoms with Gasteiger partial charge in [-0.1, -0.05) is 11.6 Å². The quantitative estimate of drug-likeness (QED) is 0.373. The summed E-state index contributed by atoms with van der Waals surface area (Å²) in [5, 5.41) is 5.90. The molecule has 0 aliphatic carbocycles. The lowest BCUT2D eigenvalue weighted by Crippen LogP contribution is -2.23. The number of fused-ring (bicyclic) bond motifs is 1. The molecule has 0 spiro atoms. The predicted octanol–water partition coefficient (Wildman–Crippen LogP) is 5.26. The van der Waals surface area contributed by atoms with Gasteiger partial charge in [0.25, 0.3) is 11.8 Å². The largest absolute Gasteiger partial charge is 0.457 e. The van der Waals surface area contributed by atoms with Crippen molar-refractivity contribution in [3.8, 4) is 11.3 Å². The number of aryl methyl sites for hydroxylation is 1. The average molecular weight is 489 g/mol. The van der Waals surface area contributed by atoms with Crippen molar-refractivity contribution in [2.75, 3.05) is 5.32 Å². The highest BCUT2D eigenvalue weighted by Gasteiger charge is 2.25. The van der Waals surface area contributed by atoms with Crippen LogP contribution in [0.4, 0.5) is 10.1 Å². The van der Waals surface area contributed by atoms with Crippen LogP contribution >= 0.6 is 11.6 Å². The van der Waals surface area contributed by atoms with E-state index in [1.54, 1.807) is 42.7 Å². The number of nitrogens with zero attached hydrogens (tertiary/aromatic N) is 2. The molecule has 0 unspecified atom stereocenters. The van der Waals surface area contributed by atoms with Gasteiger partial charge in [-0.2, -0.15) is 0 Å². The molecule has 5 rings (SSSR count). The first-order chi connectivity index (χ1) is 16.9. The van der Waals surface area contributed by atoms with Gasteiger partial charge >= 0.3 is 0 Å². The van der Waals surface area contributed by atoms with Crippen molar-refractivity contribution in [3.05, 3.63) is 100 Å². The first kappa shape index (κ1) is 22.5. The summed E-state index contributed by atoms with van der Waals surface area (Å²) in [5.41, 5.74) is 3.62. The van der Waals surface area contributed by atoms with Crippen LogP contribution in [0.25, 0.3) is 23.0 Å². The smallest absolute Gasteiger partial charge is 0.256 e. The number of hydrogen-bond donors (Lipinski definition) is 2. The molecule has 35 heavy (non-hydrogen) atoms. The molecule has 1 aliphatic heterocycles. The molecule has 3 heterocycles. The fraction of sp³-hybridized carbons (Fsp3) is 0.0769. The van der Waals surface area contributed by atoms with Gasteiger partial charge < -0.3 is 15.1 Å². The molecule has 2 N–H and O–H groups in total. The second-order valence-electron chi connectivity index (χ2n) is 7.93. The number of amides is 2. The highest BCUT2D eigenvalue weighted by molar-refractivity contribution is 6.35. The lowest BCUT2D eigenvalue weighted by atomic mass is 10.1. The van der Waals surface area contributed by atoms with Gasteiger partial charge in [0.2, 0.25) is 0 Å². The zero-order valence-corrected chi connectivity index (χ0v) is 19.2. The Bertz CT molecular complexity index is 1490. The minimum absolute atomic E-state index is 0.229. The lowest BCUT2D eigenvalue weighted by Gasteiger charge is -2.07. The van der Waals surface area contributed by atoms with Crippen LogP contribution in [-0.4, -0.2) is 21.8 Å². The summed E-state index contributed by atoms with van der Waals surface area (Å²) in [5.74, 6) is -0.300. The summed E-state index contributed by atoms with van der Waals surface area (Å²) in [6.45, 7) is 2.06. The van der Waals surface area contributed by atoms with Crippen LogP contribution in [0.2, 0.25) is 5.02 Å². The van der Waals surface area contributed by atoms with E-state index in [0.29, 0.717) is 50.2 Å². The Morgan fingerprint density at radius 1 is 1.11 bits per heavy atom. The Morgan fingerprint density at radius 2 is 1.97 bits per heavy atom. The van der Waals surface area contributed by atoms with E-state index in [9.17, 15) is 14.0 Å². The van der Waals surface area contributed by atoms with Crippen molar-refractivity contribution in [3.63, 3.8) is 0 Å². The van der Waals surface area contributed by atoms with Crippen molar-refractivity contribution in [1.29, 1.82) is 0 Å². The maximum Gasteiger partial charge on any atom is 0.256 e. The molecule has 1 aliphatic rings. The second-order valence-corrected chi connectivity index (χ2v) is 8.34. The Hall–Kier alpha value is -4.30. The molecule has 2 aromatic heterocycles. The van der Waals surface area contributed by atoms with Gasteiger partial charge in [-0.15, -0.1) is 0 Å². The maximum absolute atomic E-state index is 13.7. The number of furan rings is 1. The standard InChI is InChI=1S/C26H18ClFN4O3/c1-14-11-30-17(12-29-14)13-31-25(33)15-2-5-22(27)21(8-15)24-7-4-18(35-24)10-20-19-9-16(28)3-6-23(19)32-26(20)34/h2-12H,13H2,1H3,(H,31,33)(H,32,34)/b20-10+. The molecule has 0 bridgehead atoms. The monoisotopic (exact) mass is 488 g/mol. The molecule has 0 fully saturated rings. The first-order valence-electron chi connectivity index (χ1n) is 10.7. The predicted molar refractivity (Wildman–Crippen MR) is 130 cm³/mol. The van der Waals surface area contributed by atoms with Crippen molar-refractivity contribution < 1.29 is 18.4 Å². The summed E-state index contributed by atoms with van der Waals surface area (Å²) in [7, 11) is 0. The van der Waals surface area contributed by atoms with Crippen LogP contribution in [0, 0.1) is 12.7 Å². The number of hydrogen-bond acceptors (Lipinski definition) is 5. The van der Waals surface area contributed by atoms with E-state index in [2.05, 4.69) is 20.6 Å². The lowest BCUT2D eigenvalue weighted by molar-refractivity contribution is -0.110. The number of anilines is 1. The summed E-state index contributed by atoms with van der Waals surface area (Å²) < 4.78 is 19.6. The third kappa shape index (κ3) is 4.69. The molecule has 0 saturated heterocycles. The molecule has 0 saturated carbocycles. The second kappa shape index (κ2) is 9.15. The van der Waals surface area contributed by atoms with Gasteiger partial charge in [-0.05, 0) is 61.5 Å². The van der Waals surface area contributed by atoms with Gasteiger partial charge in [0.1, 0.15) is 17.3 Å². The Labute approximate surface area is 204 Å². The zero-order valence-electron chi connectivity index (χ0n) is 18.4. The fourth-order valence-electron chi connectivity index (χ4n) is 3.66. The Balaban J connectivity index is 1.37. The van der Waals surface area contributed by atoms with Crippen molar-refractivity contribution >= 4 is 40.8 Å². The van der Waals surface area contributed by atoms with Crippen LogP contribution in [0.1, 0.15) is 33.1 Å². The number of aromatic nitrogens is 2. The van der Waals surface area contributed by atoms with E-state index in [1.165, 1.54) is 24.3 Å². The highest BCUT2D eigenvalue weighted by atomic mass is 35.5. The van der Waals surface area contributed by atoms with E-state index in [4.69, 9.17) is 16.0 Å². The number of benzene rings is 2. The molecule has 2 aromatic carbocycles. The molecule has 9 heteroatoms. The fourth-order valence-corrected chi connectivity index (χ4v) is 3.87. The van der Waals surface area contributed by atoms with Crippen LogP contribution in [0.5, 0.6) is 0 Å². The molecule has 174 valence electrons. The summed E-state index contributed by atoms with van der Waals surface area (Å²) in [4.78, 5) is 33.4. The minimum Gasteiger partial charge on any atom is -0.457 e. The van der Waals surface area contributed by atoms with Gasteiger partial charge in [0, 0.05) is 28.6 Å². The third-order valence-corrected chi connectivity index (χ3v) is 5.77.